The minimum absolute atomic E-state index is 0.101. The van der Waals surface area contributed by atoms with Crippen LogP contribution in [0.15, 0.2) is 48.5 Å². The fraction of sp³-hybridized carbons (Fsp3) is 0.294. The highest BCUT2D eigenvalue weighted by Crippen LogP contribution is 2.31. The van der Waals surface area contributed by atoms with Crippen molar-refractivity contribution in [1.82, 2.24) is 0 Å². The summed E-state index contributed by atoms with van der Waals surface area (Å²) < 4.78 is 43.5. The highest BCUT2D eigenvalue weighted by molar-refractivity contribution is 5.53. The maximum atomic E-state index is 12.7. The molecule has 0 saturated heterocycles. The van der Waals surface area contributed by atoms with Gasteiger partial charge in [0.15, 0.2) is 0 Å². The van der Waals surface area contributed by atoms with Crippen LogP contribution in [-0.4, -0.2) is 12.6 Å². The standard InChI is InChI=1S/C17H16F3NO/c18-17(19,20)13-5-3-6-15(10-13)22-11-14-9-8-12-4-1-2-7-16(12)21-14/h1-7,10,14,21H,8-9,11H2. The van der Waals surface area contributed by atoms with Crippen molar-refractivity contribution in [2.24, 2.45) is 0 Å². The number of alkyl halides is 3. The lowest BCUT2D eigenvalue weighted by Crippen LogP contribution is -2.31. The van der Waals surface area contributed by atoms with Gasteiger partial charge in [-0.3, -0.25) is 0 Å². The average Bonchev–Trinajstić information content (AvgIpc) is 2.52. The maximum Gasteiger partial charge on any atom is 0.416 e. The first-order valence-electron chi connectivity index (χ1n) is 7.17. The molecule has 1 atom stereocenters. The van der Waals surface area contributed by atoms with Crippen LogP contribution < -0.4 is 10.1 Å². The Kier molecular flexibility index (Phi) is 3.96. The van der Waals surface area contributed by atoms with Gasteiger partial charge in [-0.05, 0) is 42.7 Å². The Morgan fingerprint density at radius 1 is 1.09 bits per heavy atom. The Morgan fingerprint density at radius 2 is 1.91 bits per heavy atom. The van der Waals surface area contributed by atoms with Crippen molar-refractivity contribution in [2.75, 3.05) is 11.9 Å². The van der Waals surface area contributed by atoms with Crippen LogP contribution in [0.2, 0.25) is 0 Å². The predicted molar refractivity (Wildman–Crippen MR) is 79.1 cm³/mol. The molecule has 2 nitrogen and oxygen atoms in total. The van der Waals surface area contributed by atoms with E-state index >= 15 is 0 Å². The van der Waals surface area contributed by atoms with E-state index < -0.39 is 11.7 Å². The topological polar surface area (TPSA) is 21.3 Å². The fourth-order valence-corrected chi connectivity index (χ4v) is 2.58. The number of rotatable bonds is 3. The first-order chi connectivity index (χ1) is 10.5. The third kappa shape index (κ3) is 3.35. The summed E-state index contributed by atoms with van der Waals surface area (Å²) in [5.41, 5.74) is 1.65. The molecule has 1 N–H and O–H groups in total. The minimum atomic E-state index is -4.35. The summed E-state index contributed by atoms with van der Waals surface area (Å²) >= 11 is 0. The van der Waals surface area contributed by atoms with E-state index in [1.807, 2.05) is 18.2 Å². The predicted octanol–water partition coefficient (Wildman–Crippen LogP) is 4.51. The number of para-hydroxylation sites is 1. The molecule has 0 bridgehead atoms. The molecule has 22 heavy (non-hydrogen) atoms. The fourth-order valence-electron chi connectivity index (χ4n) is 2.58. The third-order valence-corrected chi connectivity index (χ3v) is 3.75. The van der Waals surface area contributed by atoms with Crippen LogP contribution in [0, 0.1) is 0 Å². The monoisotopic (exact) mass is 307 g/mol. The molecule has 116 valence electrons. The molecular weight excluding hydrogens is 291 g/mol. The van der Waals surface area contributed by atoms with Crippen LogP contribution in [0.5, 0.6) is 5.75 Å². The van der Waals surface area contributed by atoms with E-state index in [4.69, 9.17) is 4.74 Å². The van der Waals surface area contributed by atoms with Gasteiger partial charge in [-0.25, -0.2) is 0 Å². The van der Waals surface area contributed by atoms with Crippen molar-refractivity contribution in [3.8, 4) is 5.75 Å². The molecule has 2 aromatic rings. The molecule has 0 aliphatic carbocycles. The second kappa shape index (κ2) is 5.91. The number of hydrogen-bond acceptors (Lipinski definition) is 2. The van der Waals surface area contributed by atoms with Gasteiger partial charge in [-0.2, -0.15) is 13.2 Å². The van der Waals surface area contributed by atoms with Crippen molar-refractivity contribution in [3.63, 3.8) is 0 Å². The normalized spacial score (nSPS) is 17.5. The lowest BCUT2D eigenvalue weighted by atomic mass is 9.99. The van der Waals surface area contributed by atoms with Crippen molar-refractivity contribution in [2.45, 2.75) is 25.1 Å². The first kappa shape index (κ1) is 14.8. The lowest BCUT2D eigenvalue weighted by molar-refractivity contribution is -0.137. The summed E-state index contributed by atoms with van der Waals surface area (Å²) in [4.78, 5) is 0. The van der Waals surface area contributed by atoms with Gasteiger partial charge in [0.1, 0.15) is 12.4 Å². The van der Waals surface area contributed by atoms with E-state index in [0.717, 1.165) is 30.7 Å². The van der Waals surface area contributed by atoms with Gasteiger partial charge in [0.2, 0.25) is 0 Å². The van der Waals surface area contributed by atoms with Gasteiger partial charge in [-0.15, -0.1) is 0 Å². The van der Waals surface area contributed by atoms with Crippen molar-refractivity contribution < 1.29 is 17.9 Å². The van der Waals surface area contributed by atoms with Gasteiger partial charge >= 0.3 is 6.18 Å². The van der Waals surface area contributed by atoms with Gasteiger partial charge in [0.25, 0.3) is 0 Å². The van der Waals surface area contributed by atoms with Crippen LogP contribution >= 0.6 is 0 Å². The second-order valence-corrected chi connectivity index (χ2v) is 5.37. The molecule has 1 heterocycles. The van der Waals surface area contributed by atoms with Crippen LogP contribution in [0.1, 0.15) is 17.5 Å². The molecule has 1 aliphatic heterocycles. The van der Waals surface area contributed by atoms with E-state index in [0.29, 0.717) is 6.61 Å². The zero-order chi connectivity index (χ0) is 15.6. The van der Waals surface area contributed by atoms with E-state index in [9.17, 15) is 13.2 Å². The average molecular weight is 307 g/mol. The van der Waals surface area contributed by atoms with Gasteiger partial charge < -0.3 is 10.1 Å². The zero-order valence-corrected chi connectivity index (χ0v) is 11.9. The van der Waals surface area contributed by atoms with Crippen LogP contribution in [-0.2, 0) is 12.6 Å². The highest BCUT2D eigenvalue weighted by atomic mass is 19.4. The summed E-state index contributed by atoms with van der Waals surface area (Å²) in [6, 6.07) is 13.1. The van der Waals surface area contributed by atoms with Crippen LogP contribution in [0.25, 0.3) is 0 Å². The zero-order valence-electron chi connectivity index (χ0n) is 11.9. The number of ether oxygens (including phenoxy) is 1. The molecule has 0 aromatic heterocycles. The Morgan fingerprint density at radius 3 is 2.73 bits per heavy atom. The Hall–Kier alpha value is -2.17. The summed E-state index contributed by atoms with van der Waals surface area (Å²) in [5.74, 6) is 0.246. The van der Waals surface area contributed by atoms with Crippen molar-refractivity contribution in [1.29, 1.82) is 0 Å². The molecule has 0 radical (unpaired) electrons. The van der Waals surface area contributed by atoms with E-state index in [1.165, 1.54) is 11.6 Å². The number of nitrogens with one attached hydrogen (secondary N) is 1. The molecule has 1 aliphatic rings. The lowest BCUT2D eigenvalue weighted by Gasteiger charge is -2.27. The smallest absolute Gasteiger partial charge is 0.416 e. The number of anilines is 1. The van der Waals surface area contributed by atoms with Gasteiger partial charge in [0.05, 0.1) is 11.6 Å². The quantitative estimate of drug-likeness (QED) is 0.900. The molecule has 0 spiro atoms. The third-order valence-electron chi connectivity index (χ3n) is 3.75. The number of aryl methyl sites for hydroxylation is 1. The molecule has 1 unspecified atom stereocenters. The van der Waals surface area contributed by atoms with Gasteiger partial charge in [0, 0.05) is 5.69 Å². The summed E-state index contributed by atoms with van der Waals surface area (Å²) in [7, 11) is 0. The SMILES string of the molecule is FC(F)(F)c1cccc(OCC2CCc3ccccc3N2)c1. The molecule has 2 aromatic carbocycles. The van der Waals surface area contributed by atoms with Crippen molar-refractivity contribution >= 4 is 5.69 Å². The highest BCUT2D eigenvalue weighted by Gasteiger charge is 2.30. The van der Waals surface area contributed by atoms with Crippen molar-refractivity contribution in [3.05, 3.63) is 59.7 Å². The number of hydrogen-bond donors (Lipinski definition) is 1. The molecule has 0 fully saturated rings. The summed E-state index contributed by atoms with van der Waals surface area (Å²) in [5, 5.41) is 3.36. The Labute approximate surface area is 126 Å². The summed E-state index contributed by atoms with van der Waals surface area (Å²) in [6.07, 6.45) is -2.50. The molecular formula is C17H16F3NO. The van der Waals surface area contributed by atoms with Crippen LogP contribution in [0.3, 0.4) is 0 Å². The number of fused-ring (bicyclic) bond motifs is 1. The summed E-state index contributed by atoms with van der Waals surface area (Å²) in [6.45, 7) is 0.343. The van der Waals surface area contributed by atoms with Crippen LogP contribution in [0.4, 0.5) is 18.9 Å². The number of benzene rings is 2. The first-order valence-corrected chi connectivity index (χ1v) is 7.17. The molecule has 0 amide bonds. The Balaban J connectivity index is 1.62. The second-order valence-electron chi connectivity index (χ2n) is 5.37. The van der Waals surface area contributed by atoms with E-state index in [1.54, 1.807) is 6.07 Å². The largest absolute Gasteiger partial charge is 0.491 e. The van der Waals surface area contributed by atoms with E-state index in [2.05, 4.69) is 11.4 Å². The maximum absolute atomic E-state index is 12.7. The molecule has 5 heteroatoms. The minimum Gasteiger partial charge on any atom is -0.491 e. The molecule has 0 saturated carbocycles. The van der Waals surface area contributed by atoms with E-state index in [-0.39, 0.29) is 11.8 Å². The Bertz CT molecular complexity index is 654. The molecule has 3 rings (SSSR count). The number of halogens is 3. The van der Waals surface area contributed by atoms with Gasteiger partial charge in [-0.1, -0.05) is 24.3 Å².